The van der Waals surface area contributed by atoms with Gasteiger partial charge in [0.05, 0.1) is 31.4 Å². The van der Waals surface area contributed by atoms with Crippen molar-refractivity contribution in [1.82, 2.24) is 5.01 Å². The lowest BCUT2D eigenvalue weighted by molar-refractivity contribution is -0.140. The number of carbonyl (C=O) groups is 1. The van der Waals surface area contributed by atoms with Crippen molar-refractivity contribution in [2.45, 2.75) is 83.1 Å². The van der Waals surface area contributed by atoms with Gasteiger partial charge in [-0.25, -0.2) is 5.01 Å². The summed E-state index contributed by atoms with van der Waals surface area (Å²) in [6.45, 7) is 0.693. The van der Waals surface area contributed by atoms with E-state index in [0.29, 0.717) is 6.61 Å². The summed E-state index contributed by atoms with van der Waals surface area (Å²) in [5.41, 5.74) is 2.07. The van der Waals surface area contributed by atoms with E-state index >= 15 is 0 Å². The Bertz CT molecular complexity index is 876. The molecule has 34 heavy (non-hydrogen) atoms. The van der Waals surface area contributed by atoms with Gasteiger partial charge >= 0.3 is 0 Å². The number of nitrogens with zero attached hydrogens (tertiary/aromatic N) is 2. The van der Waals surface area contributed by atoms with Crippen LogP contribution in [0.25, 0.3) is 0 Å². The van der Waals surface area contributed by atoms with E-state index in [4.69, 9.17) is 14.6 Å². The van der Waals surface area contributed by atoms with Crippen molar-refractivity contribution in [1.29, 1.82) is 0 Å². The number of unbranched alkanes of at least 4 members (excludes halogenated alkanes) is 3. The van der Waals surface area contributed by atoms with Crippen LogP contribution in [-0.4, -0.2) is 41.7 Å². The molecular weight excluding hydrogens is 492 g/mol. The quantitative estimate of drug-likeness (QED) is 0.143. The highest BCUT2D eigenvalue weighted by Gasteiger charge is 2.42. The molecule has 5 nitrogen and oxygen atoms in total. The van der Waals surface area contributed by atoms with Crippen LogP contribution in [0.1, 0.15) is 82.6 Å². The fourth-order valence-electron chi connectivity index (χ4n) is 5.51. The number of hydrogen-bond donors (Lipinski definition) is 0. The molecule has 4 rings (SSSR count). The van der Waals surface area contributed by atoms with Crippen LogP contribution in [0.5, 0.6) is 11.5 Å². The van der Waals surface area contributed by atoms with Crippen LogP contribution in [0, 0.1) is 11.8 Å². The Hall–Kier alpha value is -1.82. The Balaban J connectivity index is 1.55. The molecule has 1 saturated carbocycles. The number of methoxy groups -OCH3 is 1. The maximum absolute atomic E-state index is 13.5. The fraction of sp³-hybridized carbons (Fsp3) is 0.643. The van der Waals surface area contributed by atoms with Gasteiger partial charge in [-0.1, -0.05) is 66.6 Å². The first-order valence-electron chi connectivity index (χ1n) is 13.2. The van der Waals surface area contributed by atoms with E-state index in [-0.39, 0.29) is 23.8 Å². The summed E-state index contributed by atoms with van der Waals surface area (Å²) < 4.78 is 11.8. The molecule has 1 amide bonds. The van der Waals surface area contributed by atoms with Crippen LogP contribution in [0.4, 0.5) is 0 Å². The summed E-state index contributed by atoms with van der Waals surface area (Å²) in [5, 5.41) is 7.99. The molecule has 186 valence electrons. The maximum atomic E-state index is 13.5. The van der Waals surface area contributed by atoms with Gasteiger partial charge in [0.2, 0.25) is 5.91 Å². The summed E-state index contributed by atoms with van der Waals surface area (Å²) in [5.74, 6) is 1.85. The van der Waals surface area contributed by atoms with E-state index in [9.17, 15) is 4.79 Å². The number of alkyl halides is 1. The lowest BCUT2D eigenvalue weighted by Crippen LogP contribution is -2.49. The summed E-state index contributed by atoms with van der Waals surface area (Å²) in [4.78, 5) is 13.5. The van der Waals surface area contributed by atoms with Gasteiger partial charge in [-0.2, -0.15) is 5.10 Å². The van der Waals surface area contributed by atoms with Gasteiger partial charge in [0, 0.05) is 16.8 Å². The van der Waals surface area contributed by atoms with Crippen molar-refractivity contribution in [2.24, 2.45) is 16.9 Å². The van der Waals surface area contributed by atoms with Crippen molar-refractivity contribution in [3.8, 4) is 11.5 Å². The van der Waals surface area contributed by atoms with Gasteiger partial charge in [-0.15, -0.1) is 0 Å². The number of benzene rings is 1. The van der Waals surface area contributed by atoms with Gasteiger partial charge in [0.15, 0.2) is 11.5 Å². The maximum Gasteiger partial charge on any atom is 0.247 e. The molecule has 0 saturated heterocycles. The van der Waals surface area contributed by atoms with E-state index in [0.717, 1.165) is 60.2 Å². The predicted molar refractivity (Wildman–Crippen MR) is 141 cm³/mol. The Labute approximate surface area is 213 Å². The third-order valence-corrected chi connectivity index (χ3v) is 8.02. The fourth-order valence-corrected chi connectivity index (χ4v) is 5.91. The molecule has 1 aromatic rings. The zero-order valence-electron chi connectivity index (χ0n) is 20.5. The second-order valence-corrected chi connectivity index (χ2v) is 10.6. The number of allylic oxidation sites excluding steroid dienone is 2. The van der Waals surface area contributed by atoms with Crippen molar-refractivity contribution in [3.05, 3.63) is 35.9 Å². The van der Waals surface area contributed by atoms with E-state index in [1.54, 1.807) is 7.11 Å². The monoisotopic (exact) mass is 530 g/mol. The lowest BCUT2D eigenvalue weighted by atomic mass is 9.76. The van der Waals surface area contributed by atoms with Crippen LogP contribution in [0.15, 0.2) is 35.5 Å². The van der Waals surface area contributed by atoms with Crippen molar-refractivity contribution >= 4 is 27.5 Å². The molecule has 2 unspecified atom stereocenters. The molecule has 0 spiro atoms. The van der Waals surface area contributed by atoms with E-state index in [1.165, 1.54) is 44.9 Å². The molecule has 1 heterocycles. The Kier molecular flexibility index (Phi) is 9.49. The summed E-state index contributed by atoms with van der Waals surface area (Å²) in [7, 11) is 1.69. The zero-order chi connectivity index (χ0) is 23.8. The van der Waals surface area contributed by atoms with E-state index < -0.39 is 0 Å². The van der Waals surface area contributed by atoms with Crippen LogP contribution in [0.2, 0.25) is 0 Å². The second-order valence-electron chi connectivity index (χ2n) is 9.79. The number of halogens is 1. The highest BCUT2D eigenvalue weighted by atomic mass is 79.9. The Morgan fingerprint density at radius 1 is 0.971 bits per heavy atom. The van der Waals surface area contributed by atoms with Crippen molar-refractivity contribution in [3.63, 3.8) is 0 Å². The van der Waals surface area contributed by atoms with E-state index in [1.807, 2.05) is 11.1 Å². The van der Waals surface area contributed by atoms with Gasteiger partial charge in [-0.05, 0) is 56.7 Å². The average molecular weight is 532 g/mol. The van der Waals surface area contributed by atoms with Crippen molar-refractivity contribution in [2.75, 3.05) is 19.0 Å². The lowest BCUT2D eigenvalue weighted by Gasteiger charge is -2.40. The molecule has 0 radical (unpaired) electrons. The molecule has 0 aromatic heterocycles. The number of carbonyl (C=O) groups excluding carboxylic acids is 1. The first kappa shape index (κ1) is 25.3. The largest absolute Gasteiger partial charge is 0.493 e. The van der Waals surface area contributed by atoms with Crippen LogP contribution < -0.4 is 9.47 Å². The standard InChI is InChI=1S/C28H39BrN2O3/c1-33-26-20-21(16-17-25(26)34-19-11-5-4-10-18-29)27-23-14-8-9-15-24(23)28(32)31(30-27)22-12-6-2-3-7-13-22/h8-9,16-17,20,22-24H,2-7,10-15,18-19H2,1H3. The number of fused-ring (bicyclic) bond motifs is 1. The number of amides is 1. The highest BCUT2D eigenvalue weighted by molar-refractivity contribution is 9.09. The van der Waals surface area contributed by atoms with Crippen LogP contribution in [-0.2, 0) is 4.79 Å². The molecule has 1 fully saturated rings. The SMILES string of the molecule is COc1cc(C2=NN(C3CCCCCC3)C(=O)C3CC=CCC23)ccc1OCCCCCCBr. The molecular formula is C28H39BrN2O3. The first-order valence-corrected chi connectivity index (χ1v) is 14.3. The van der Waals surface area contributed by atoms with Gasteiger partial charge in [0.25, 0.3) is 0 Å². The molecule has 2 aliphatic carbocycles. The molecule has 2 atom stereocenters. The highest BCUT2D eigenvalue weighted by Crippen LogP contribution is 2.38. The van der Waals surface area contributed by atoms with Crippen molar-refractivity contribution < 1.29 is 14.3 Å². The second kappa shape index (κ2) is 12.8. The minimum Gasteiger partial charge on any atom is -0.493 e. The molecule has 6 heteroatoms. The molecule has 1 aliphatic heterocycles. The Morgan fingerprint density at radius 2 is 1.71 bits per heavy atom. The van der Waals surface area contributed by atoms with Crippen LogP contribution in [0.3, 0.4) is 0 Å². The minimum atomic E-state index is -0.0119. The summed E-state index contributed by atoms with van der Waals surface area (Å²) in [6, 6.07) is 6.38. The predicted octanol–water partition coefficient (Wildman–Crippen LogP) is 6.88. The van der Waals surface area contributed by atoms with Gasteiger partial charge in [0.1, 0.15) is 0 Å². The Morgan fingerprint density at radius 3 is 2.44 bits per heavy atom. The third-order valence-electron chi connectivity index (χ3n) is 7.46. The smallest absolute Gasteiger partial charge is 0.247 e. The number of ether oxygens (including phenoxy) is 2. The van der Waals surface area contributed by atoms with Crippen LogP contribution >= 0.6 is 15.9 Å². The first-order chi connectivity index (χ1) is 16.7. The minimum absolute atomic E-state index is 0.0119. The topological polar surface area (TPSA) is 51.1 Å². The molecule has 1 aromatic carbocycles. The average Bonchev–Trinajstić information content (AvgIpc) is 3.16. The summed E-state index contributed by atoms with van der Waals surface area (Å²) in [6.07, 6.45) is 17.7. The number of hydrogen-bond acceptors (Lipinski definition) is 4. The molecule has 0 bridgehead atoms. The molecule has 3 aliphatic rings. The van der Waals surface area contributed by atoms with E-state index in [2.05, 4.69) is 40.2 Å². The van der Waals surface area contributed by atoms with Gasteiger partial charge in [-0.3, -0.25) is 4.79 Å². The zero-order valence-corrected chi connectivity index (χ0v) is 22.1. The number of rotatable bonds is 10. The normalized spacial score (nSPS) is 23.3. The third kappa shape index (κ3) is 6.05. The summed E-state index contributed by atoms with van der Waals surface area (Å²) >= 11 is 3.48. The number of hydrazone groups is 1. The molecule has 0 N–H and O–H groups in total. The van der Waals surface area contributed by atoms with Gasteiger partial charge < -0.3 is 9.47 Å².